The normalized spacial score (nSPS) is 17.3. The van der Waals surface area contributed by atoms with Crippen molar-refractivity contribution in [3.63, 3.8) is 0 Å². The number of pyridine rings is 1. The third kappa shape index (κ3) is 4.18. The van der Waals surface area contributed by atoms with E-state index in [9.17, 15) is 18.0 Å². The van der Waals surface area contributed by atoms with Gasteiger partial charge in [0.15, 0.2) is 0 Å². The van der Waals surface area contributed by atoms with Gasteiger partial charge in [-0.25, -0.2) is 0 Å². The Hall–Kier alpha value is -1.89. The summed E-state index contributed by atoms with van der Waals surface area (Å²) in [6, 6.07) is 10.4. The highest BCUT2D eigenvalue weighted by Gasteiger charge is 2.49. The number of nitrogens with one attached hydrogen (secondary N) is 1. The zero-order valence-electron chi connectivity index (χ0n) is 15.0. The number of rotatable bonds is 3. The summed E-state index contributed by atoms with van der Waals surface area (Å²) in [7, 11) is 0. The van der Waals surface area contributed by atoms with Crippen molar-refractivity contribution in [1.29, 1.82) is 0 Å². The molecule has 0 saturated carbocycles. The van der Waals surface area contributed by atoms with Crippen LogP contribution in [-0.4, -0.2) is 17.1 Å². The Morgan fingerprint density at radius 2 is 1.81 bits per heavy atom. The maximum absolute atomic E-state index is 13.3. The summed E-state index contributed by atoms with van der Waals surface area (Å²) in [6.07, 6.45) is -2.82. The summed E-state index contributed by atoms with van der Waals surface area (Å²) in [4.78, 5) is 16.8. The zero-order chi connectivity index (χ0) is 19.8. The molecule has 1 aromatic heterocycles. The van der Waals surface area contributed by atoms with Crippen molar-refractivity contribution in [3.8, 4) is 0 Å². The van der Waals surface area contributed by atoms with E-state index in [0.717, 1.165) is 29.6 Å². The van der Waals surface area contributed by atoms with Crippen LogP contribution in [0, 0.1) is 5.92 Å². The Labute approximate surface area is 164 Å². The smallest absolute Gasteiger partial charge is 0.326 e. The molecule has 0 fully saturated rings. The minimum atomic E-state index is -4.37. The number of carbonyl (C=O) groups is 1. The molecule has 0 bridgehead atoms. The third-order valence-corrected chi connectivity index (χ3v) is 5.62. The Morgan fingerprint density at radius 1 is 1.15 bits per heavy atom. The molecule has 0 saturated heterocycles. The van der Waals surface area contributed by atoms with Crippen LogP contribution in [0.4, 0.5) is 18.9 Å². The van der Waals surface area contributed by atoms with E-state index in [-0.39, 0.29) is 17.5 Å². The number of alkyl halides is 3. The van der Waals surface area contributed by atoms with Gasteiger partial charge in [0, 0.05) is 21.8 Å². The number of benzene rings is 1. The van der Waals surface area contributed by atoms with Crippen LogP contribution in [0.2, 0.25) is 0 Å². The molecule has 1 aromatic carbocycles. The van der Waals surface area contributed by atoms with Crippen LogP contribution in [0.3, 0.4) is 0 Å². The molecule has 1 aliphatic carbocycles. The molecule has 3 rings (SSSR count). The number of aromatic nitrogens is 1. The molecule has 0 aliphatic heterocycles. The van der Waals surface area contributed by atoms with Crippen molar-refractivity contribution in [2.24, 2.45) is 5.92 Å². The van der Waals surface area contributed by atoms with Crippen molar-refractivity contribution >= 4 is 27.5 Å². The number of aryl methyl sites for hydroxylation is 1. The minimum absolute atomic E-state index is 0.0199. The molecule has 144 valence electrons. The van der Waals surface area contributed by atoms with E-state index in [1.165, 1.54) is 6.07 Å². The molecular weight excluding hydrogens is 421 g/mol. The lowest BCUT2D eigenvalue weighted by atomic mass is 9.83. The molecule has 1 amide bonds. The summed E-state index contributed by atoms with van der Waals surface area (Å²) in [6.45, 7) is 2.28. The highest BCUT2D eigenvalue weighted by Crippen LogP contribution is 2.40. The van der Waals surface area contributed by atoms with Gasteiger partial charge in [-0.05, 0) is 69.0 Å². The van der Waals surface area contributed by atoms with E-state index in [1.807, 2.05) is 24.3 Å². The second-order valence-electron chi connectivity index (χ2n) is 7.36. The average Bonchev–Trinajstić information content (AvgIpc) is 2.61. The maximum atomic E-state index is 13.3. The van der Waals surface area contributed by atoms with Crippen molar-refractivity contribution in [3.05, 3.63) is 57.8 Å². The average molecular weight is 441 g/mol. The first kappa shape index (κ1) is 19.9. The first-order chi connectivity index (χ1) is 12.6. The van der Waals surface area contributed by atoms with E-state index in [1.54, 1.807) is 6.07 Å². The van der Waals surface area contributed by atoms with E-state index in [0.29, 0.717) is 25.0 Å². The van der Waals surface area contributed by atoms with Gasteiger partial charge in [-0.15, -0.1) is 0 Å². The summed E-state index contributed by atoms with van der Waals surface area (Å²) in [5, 5.41) is 2.90. The van der Waals surface area contributed by atoms with Crippen molar-refractivity contribution in [1.82, 2.24) is 4.98 Å². The molecule has 27 heavy (non-hydrogen) atoms. The topological polar surface area (TPSA) is 42.0 Å². The number of hydrogen-bond acceptors (Lipinski definition) is 2. The third-order valence-electron chi connectivity index (χ3n) is 5.10. The van der Waals surface area contributed by atoms with Crippen LogP contribution in [0.25, 0.3) is 0 Å². The summed E-state index contributed by atoms with van der Waals surface area (Å²) >= 11 is 3.35. The molecule has 1 N–H and O–H groups in total. The van der Waals surface area contributed by atoms with Gasteiger partial charge < -0.3 is 5.32 Å². The number of anilines is 1. The Bertz CT molecular complexity index is 847. The molecule has 7 heteroatoms. The minimum Gasteiger partial charge on any atom is -0.326 e. The fourth-order valence-electron chi connectivity index (χ4n) is 3.11. The summed E-state index contributed by atoms with van der Waals surface area (Å²) in [5.41, 5.74) is 0.245. The molecule has 0 unspecified atom stereocenters. The Kier molecular flexibility index (Phi) is 5.34. The van der Waals surface area contributed by atoms with Crippen LogP contribution >= 0.6 is 15.9 Å². The predicted octanol–water partition coefficient (Wildman–Crippen LogP) is 5.43. The van der Waals surface area contributed by atoms with Gasteiger partial charge in [0.2, 0.25) is 5.91 Å². The number of hydrogen-bond donors (Lipinski definition) is 1. The molecule has 1 atom stereocenters. The van der Waals surface area contributed by atoms with Crippen LogP contribution < -0.4 is 5.32 Å². The summed E-state index contributed by atoms with van der Waals surface area (Å²) in [5.74, 6) is -0.299. The van der Waals surface area contributed by atoms with Gasteiger partial charge in [-0.1, -0.05) is 22.0 Å². The van der Waals surface area contributed by atoms with E-state index in [4.69, 9.17) is 0 Å². The van der Waals surface area contributed by atoms with Crippen LogP contribution in [-0.2, 0) is 23.1 Å². The molecule has 2 aromatic rings. The number of carbonyl (C=O) groups excluding carboxylic acids is 1. The standard InChI is InChI=1S/C20H20BrF3N2O/c1-19(2,20(22,23)24)17-10-4-12-11-13(3-9-16(12)26-17)18(27)25-15-7-5-14(21)6-8-15/h4-8,10,13H,3,9,11H2,1-2H3,(H,25,27)/t13-/m1/s1. The van der Waals surface area contributed by atoms with Gasteiger partial charge in [-0.3, -0.25) is 9.78 Å². The van der Waals surface area contributed by atoms with Gasteiger partial charge in [0.05, 0.1) is 5.69 Å². The van der Waals surface area contributed by atoms with Gasteiger partial charge in [0.25, 0.3) is 0 Å². The van der Waals surface area contributed by atoms with Gasteiger partial charge >= 0.3 is 6.18 Å². The van der Waals surface area contributed by atoms with E-state index < -0.39 is 11.6 Å². The SMILES string of the molecule is CC(C)(c1ccc2c(n1)CC[C@@H](C(=O)Nc1ccc(Br)cc1)C2)C(F)(F)F. The Morgan fingerprint density at radius 3 is 2.44 bits per heavy atom. The zero-order valence-corrected chi connectivity index (χ0v) is 16.6. The maximum Gasteiger partial charge on any atom is 0.399 e. The fourth-order valence-corrected chi connectivity index (χ4v) is 3.37. The van der Waals surface area contributed by atoms with Crippen LogP contribution in [0.15, 0.2) is 40.9 Å². The largest absolute Gasteiger partial charge is 0.399 e. The molecular formula is C20H20BrF3N2O. The van der Waals surface area contributed by atoms with Crippen LogP contribution in [0.1, 0.15) is 37.2 Å². The second kappa shape index (κ2) is 7.26. The van der Waals surface area contributed by atoms with E-state index >= 15 is 0 Å². The first-order valence-electron chi connectivity index (χ1n) is 8.70. The number of halogens is 4. The quantitative estimate of drug-likeness (QED) is 0.691. The van der Waals surface area contributed by atoms with Crippen molar-refractivity contribution in [2.75, 3.05) is 5.32 Å². The Balaban J connectivity index is 1.73. The molecule has 1 aliphatic rings. The highest BCUT2D eigenvalue weighted by atomic mass is 79.9. The second-order valence-corrected chi connectivity index (χ2v) is 8.28. The highest BCUT2D eigenvalue weighted by molar-refractivity contribution is 9.10. The van der Waals surface area contributed by atoms with E-state index in [2.05, 4.69) is 26.2 Å². The lowest BCUT2D eigenvalue weighted by Gasteiger charge is -2.29. The number of nitrogens with zero attached hydrogens (tertiary/aromatic N) is 1. The van der Waals surface area contributed by atoms with Crippen molar-refractivity contribution in [2.45, 2.75) is 44.7 Å². The number of amides is 1. The molecule has 3 nitrogen and oxygen atoms in total. The fraction of sp³-hybridized carbons (Fsp3) is 0.400. The van der Waals surface area contributed by atoms with Gasteiger partial charge in [0.1, 0.15) is 5.41 Å². The molecule has 0 spiro atoms. The molecule has 1 heterocycles. The predicted molar refractivity (Wildman–Crippen MR) is 102 cm³/mol. The lowest BCUT2D eigenvalue weighted by molar-refractivity contribution is -0.181. The first-order valence-corrected chi connectivity index (χ1v) is 9.49. The lowest BCUT2D eigenvalue weighted by Crippen LogP contribution is -2.38. The van der Waals surface area contributed by atoms with Crippen LogP contribution in [0.5, 0.6) is 0 Å². The summed E-state index contributed by atoms with van der Waals surface area (Å²) < 4.78 is 40.7. The van der Waals surface area contributed by atoms with Crippen molar-refractivity contribution < 1.29 is 18.0 Å². The monoisotopic (exact) mass is 440 g/mol. The molecule has 0 radical (unpaired) electrons. The van der Waals surface area contributed by atoms with Gasteiger partial charge in [-0.2, -0.15) is 13.2 Å². The number of fused-ring (bicyclic) bond motifs is 1.